The van der Waals surface area contributed by atoms with Gasteiger partial charge in [-0.2, -0.15) is 4.31 Å². The lowest BCUT2D eigenvalue weighted by molar-refractivity contribution is 0.0985. The van der Waals surface area contributed by atoms with Gasteiger partial charge in [-0.15, -0.1) is 0 Å². The fourth-order valence-corrected chi connectivity index (χ4v) is 8.16. The first-order valence-electron chi connectivity index (χ1n) is 12.8. The van der Waals surface area contributed by atoms with E-state index in [-0.39, 0.29) is 16.8 Å². The molecule has 2 heterocycles. The zero-order valence-electron chi connectivity index (χ0n) is 21.1. The summed E-state index contributed by atoms with van der Waals surface area (Å²) in [4.78, 5) is 24.5. The first-order valence-corrected chi connectivity index (χ1v) is 15.8. The van der Waals surface area contributed by atoms with E-state index in [9.17, 15) is 13.2 Å². The number of carbonyl (C=O) groups excluding carboxylic acids is 1. The molecule has 0 bridgehead atoms. The molecule has 0 N–H and O–H groups in total. The highest BCUT2D eigenvalue weighted by Gasteiger charge is 2.31. The van der Waals surface area contributed by atoms with Gasteiger partial charge in [0.15, 0.2) is 5.13 Å². The Morgan fingerprint density at radius 1 is 1.03 bits per heavy atom. The highest BCUT2D eigenvalue weighted by molar-refractivity contribution is 9.10. The van der Waals surface area contributed by atoms with Crippen molar-refractivity contribution in [2.24, 2.45) is 0 Å². The maximum absolute atomic E-state index is 13.8. The summed E-state index contributed by atoms with van der Waals surface area (Å²) in [5, 5.41) is 0.575. The molecule has 0 unspecified atom stereocenters. The molecule has 38 heavy (non-hydrogen) atoms. The number of nitrogens with zero attached hydrogens (tertiary/aromatic N) is 4. The number of thiazole rings is 1. The van der Waals surface area contributed by atoms with Gasteiger partial charge in [0.05, 0.1) is 21.7 Å². The van der Waals surface area contributed by atoms with Crippen LogP contribution in [-0.2, 0) is 16.6 Å². The first-order chi connectivity index (χ1) is 18.4. The van der Waals surface area contributed by atoms with Crippen LogP contribution in [0.15, 0.2) is 76.4 Å². The second-order valence-electron chi connectivity index (χ2n) is 9.38. The number of hydrogen-bond donors (Lipinski definition) is 0. The van der Waals surface area contributed by atoms with Gasteiger partial charge >= 0.3 is 0 Å². The zero-order chi connectivity index (χ0) is 26.7. The lowest BCUT2D eigenvalue weighted by Crippen LogP contribution is -2.41. The van der Waals surface area contributed by atoms with E-state index in [1.807, 2.05) is 37.3 Å². The van der Waals surface area contributed by atoms with Gasteiger partial charge in [0, 0.05) is 35.0 Å². The molecule has 1 aliphatic carbocycles. The number of fused-ring (bicyclic) bond motifs is 1. The predicted molar refractivity (Wildman–Crippen MR) is 155 cm³/mol. The van der Waals surface area contributed by atoms with E-state index in [4.69, 9.17) is 4.98 Å². The molecule has 0 radical (unpaired) electrons. The van der Waals surface area contributed by atoms with Gasteiger partial charge in [0.25, 0.3) is 5.91 Å². The molecule has 2 aromatic heterocycles. The Morgan fingerprint density at radius 3 is 2.42 bits per heavy atom. The van der Waals surface area contributed by atoms with Gasteiger partial charge in [-0.3, -0.25) is 14.7 Å². The third-order valence-corrected chi connectivity index (χ3v) is 10.5. The predicted octanol–water partition coefficient (Wildman–Crippen LogP) is 6.64. The van der Waals surface area contributed by atoms with E-state index in [2.05, 4.69) is 20.9 Å². The molecule has 198 valence electrons. The maximum atomic E-state index is 13.8. The Hall–Kier alpha value is -2.66. The topological polar surface area (TPSA) is 83.5 Å². The Bertz CT molecular complexity index is 1520. The summed E-state index contributed by atoms with van der Waals surface area (Å²) in [6.45, 7) is 2.63. The van der Waals surface area contributed by atoms with Crippen LogP contribution in [0.4, 0.5) is 5.13 Å². The molecule has 1 aliphatic rings. The Kier molecular flexibility index (Phi) is 8.23. The number of benzene rings is 2. The number of anilines is 1. The van der Waals surface area contributed by atoms with E-state index in [0.717, 1.165) is 52.4 Å². The maximum Gasteiger partial charge on any atom is 0.260 e. The van der Waals surface area contributed by atoms with Gasteiger partial charge in [-0.1, -0.05) is 53.5 Å². The molecule has 7 nitrogen and oxygen atoms in total. The molecular formula is C28H29BrN4O3S2. The lowest BCUT2D eigenvalue weighted by Gasteiger charge is -2.32. The summed E-state index contributed by atoms with van der Waals surface area (Å²) < 4.78 is 30.5. The minimum absolute atomic E-state index is 0.0370. The Morgan fingerprint density at radius 2 is 1.74 bits per heavy atom. The fraction of sp³-hybridized carbons (Fsp3) is 0.321. The number of halogens is 1. The van der Waals surface area contributed by atoms with Gasteiger partial charge in [-0.25, -0.2) is 13.4 Å². The average molecular weight is 614 g/mol. The van der Waals surface area contributed by atoms with Crippen LogP contribution in [-0.4, -0.2) is 41.2 Å². The Balaban J connectivity index is 1.45. The smallest absolute Gasteiger partial charge is 0.260 e. The third-order valence-electron chi connectivity index (χ3n) is 6.91. The number of aromatic nitrogens is 2. The minimum Gasteiger partial charge on any atom is -0.279 e. The SMILES string of the molecule is CCN(C1CCCCC1)S(=O)(=O)c1ccc(C(=O)N(Cc2ccncc2)c2nc3ccc(Br)cc3s2)cc1. The molecule has 2 aromatic carbocycles. The highest BCUT2D eigenvalue weighted by Crippen LogP contribution is 2.33. The fourth-order valence-electron chi connectivity index (χ4n) is 4.95. The molecule has 1 amide bonds. The van der Waals surface area contributed by atoms with E-state index >= 15 is 0 Å². The van der Waals surface area contributed by atoms with Crippen molar-refractivity contribution < 1.29 is 13.2 Å². The van der Waals surface area contributed by atoms with Crippen LogP contribution in [0.3, 0.4) is 0 Å². The monoisotopic (exact) mass is 612 g/mol. The van der Waals surface area contributed by atoms with Crippen molar-refractivity contribution in [1.29, 1.82) is 0 Å². The van der Waals surface area contributed by atoms with E-state index in [0.29, 0.717) is 23.8 Å². The first kappa shape index (κ1) is 26.9. The number of pyridine rings is 1. The van der Waals surface area contributed by atoms with Gasteiger partial charge in [0.1, 0.15) is 0 Å². The van der Waals surface area contributed by atoms with Crippen molar-refractivity contribution in [3.63, 3.8) is 0 Å². The molecule has 1 saturated carbocycles. The summed E-state index contributed by atoms with van der Waals surface area (Å²) in [7, 11) is -3.65. The highest BCUT2D eigenvalue weighted by atomic mass is 79.9. The Labute approximate surface area is 235 Å². The summed E-state index contributed by atoms with van der Waals surface area (Å²) in [5.41, 5.74) is 2.13. The normalized spacial score (nSPS) is 14.7. The van der Waals surface area contributed by atoms with Crippen LogP contribution in [0.1, 0.15) is 54.9 Å². The van der Waals surface area contributed by atoms with Crippen molar-refractivity contribution in [3.05, 3.63) is 82.6 Å². The van der Waals surface area contributed by atoms with E-state index < -0.39 is 10.0 Å². The molecule has 0 aliphatic heterocycles. The van der Waals surface area contributed by atoms with Crippen molar-refractivity contribution in [2.75, 3.05) is 11.4 Å². The molecule has 1 fully saturated rings. The second-order valence-corrected chi connectivity index (χ2v) is 13.2. The largest absolute Gasteiger partial charge is 0.279 e. The van der Waals surface area contributed by atoms with Crippen molar-refractivity contribution in [2.45, 2.75) is 56.5 Å². The summed E-state index contributed by atoms with van der Waals surface area (Å²) in [6.07, 6.45) is 8.45. The van der Waals surface area contributed by atoms with Gasteiger partial charge in [0.2, 0.25) is 10.0 Å². The quantitative estimate of drug-likeness (QED) is 0.222. The van der Waals surface area contributed by atoms with Crippen LogP contribution >= 0.6 is 27.3 Å². The van der Waals surface area contributed by atoms with Gasteiger partial charge in [-0.05, 0) is 73.0 Å². The molecule has 5 rings (SSSR count). The number of amides is 1. The lowest BCUT2D eigenvalue weighted by atomic mass is 9.95. The number of rotatable bonds is 8. The third kappa shape index (κ3) is 5.68. The summed E-state index contributed by atoms with van der Waals surface area (Å²) in [5.74, 6) is -0.247. The van der Waals surface area contributed by atoms with Crippen molar-refractivity contribution >= 4 is 58.5 Å². The van der Waals surface area contributed by atoms with Crippen molar-refractivity contribution in [3.8, 4) is 0 Å². The zero-order valence-corrected chi connectivity index (χ0v) is 24.3. The molecule has 0 atom stereocenters. The number of sulfonamides is 1. The van der Waals surface area contributed by atoms with Crippen LogP contribution in [0.25, 0.3) is 10.2 Å². The second kappa shape index (κ2) is 11.6. The molecule has 0 spiro atoms. The standard InChI is InChI=1S/C28H29BrN4O3S2/c1-2-33(23-6-4-3-5-7-23)38(35,36)24-11-8-21(9-12-24)27(34)32(19-20-14-16-30-17-15-20)28-31-25-13-10-22(29)18-26(25)37-28/h8-18,23H,2-7,19H2,1H3. The van der Waals surface area contributed by atoms with E-state index in [1.165, 1.54) is 11.3 Å². The van der Waals surface area contributed by atoms with Crippen LogP contribution < -0.4 is 4.90 Å². The van der Waals surface area contributed by atoms with Crippen LogP contribution in [0.2, 0.25) is 0 Å². The van der Waals surface area contributed by atoms with Crippen molar-refractivity contribution in [1.82, 2.24) is 14.3 Å². The van der Waals surface area contributed by atoms with Gasteiger partial charge < -0.3 is 0 Å². The van der Waals surface area contributed by atoms with Crippen LogP contribution in [0, 0.1) is 0 Å². The minimum atomic E-state index is -3.65. The molecule has 4 aromatic rings. The number of carbonyl (C=O) groups is 1. The molecular weight excluding hydrogens is 584 g/mol. The van der Waals surface area contributed by atoms with E-state index in [1.54, 1.807) is 45.9 Å². The molecule has 10 heteroatoms. The van der Waals surface area contributed by atoms with Crippen LogP contribution in [0.5, 0.6) is 0 Å². The summed E-state index contributed by atoms with van der Waals surface area (Å²) >= 11 is 4.94. The summed E-state index contributed by atoms with van der Waals surface area (Å²) in [6, 6.07) is 15.9. The average Bonchev–Trinajstić information content (AvgIpc) is 3.36. The molecule has 0 saturated heterocycles. The number of hydrogen-bond acceptors (Lipinski definition) is 6.